The van der Waals surface area contributed by atoms with Crippen molar-refractivity contribution in [3.05, 3.63) is 100 Å². The molecule has 0 saturated heterocycles. The molecule has 0 atom stereocenters. The molecule has 3 amide bonds. The number of rotatable bonds is 4. The number of pyridine rings is 1. The van der Waals surface area contributed by atoms with Crippen molar-refractivity contribution < 1.29 is 18.9 Å². The predicted octanol–water partition coefficient (Wildman–Crippen LogP) is 4.42. The van der Waals surface area contributed by atoms with Crippen LogP contribution >= 0.6 is 0 Å². The Kier molecular flexibility index (Phi) is 5.90. The zero-order valence-corrected chi connectivity index (χ0v) is 16.9. The maximum Gasteiger partial charge on any atom is 0.337 e. The van der Waals surface area contributed by atoms with Crippen molar-refractivity contribution in [2.75, 3.05) is 5.32 Å². The summed E-state index contributed by atoms with van der Waals surface area (Å²) in [6.45, 7) is 0. The Labute approximate surface area is 186 Å². The normalized spacial score (nSPS) is 10.5. The standard InChI is InChI=1S/C23H16FN5O4/c24-15-7-5-14(6-8-15)21-13-19(18-3-1-2-4-20(18)26-21)22(30)27-28-23(31)25-16-9-11-17(12-10-16)29(32)33/h1-13H,(H,27,30)(H2,25,28,31). The number of carbonyl (C=O) groups excluding carboxylic acids is 2. The number of amides is 3. The zero-order valence-electron chi connectivity index (χ0n) is 16.9. The highest BCUT2D eigenvalue weighted by Crippen LogP contribution is 2.25. The summed E-state index contributed by atoms with van der Waals surface area (Å²) in [4.78, 5) is 39.7. The number of carbonyl (C=O) groups is 2. The molecule has 3 aromatic carbocycles. The average molecular weight is 445 g/mol. The van der Waals surface area contributed by atoms with Crippen molar-refractivity contribution in [1.29, 1.82) is 0 Å². The summed E-state index contributed by atoms with van der Waals surface area (Å²) in [6, 6.07) is 18.8. The van der Waals surface area contributed by atoms with Gasteiger partial charge in [0.2, 0.25) is 0 Å². The van der Waals surface area contributed by atoms with Gasteiger partial charge in [-0.25, -0.2) is 19.6 Å². The fraction of sp³-hybridized carbons (Fsp3) is 0. The van der Waals surface area contributed by atoms with Crippen LogP contribution in [0.4, 0.5) is 20.6 Å². The second kappa shape index (κ2) is 9.10. The fourth-order valence-corrected chi connectivity index (χ4v) is 3.14. The van der Waals surface area contributed by atoms with Gasteiger partial charge in [0.15, 0.2) is 0 Å². The first-order valence-electron chi connectivity index (χ1n) is 9.68. The van der Waals surface area contributed by atoms with Gasteiger partial charge in [-0.3, -0.25) is 20.3 Å². The third kappa shape index (κ3) is 4.90. The molecule has 3 N–H and O–H groups in total. The van der Waals surface area contributed by atoms with Crippen molar-refractivity contribution >= 4 is 34.2 Å². The van der Waals surface area contributed by atoms with E-state index >= 15 is 0 Å². The van der Waals surface area contributed by atoms with E-state index in [-0.39, 0.29) is 17.1 Å². The lowest BCUT2D eigenvalue weighted by atomic mass is 10.0. The van der Waals surface area contributed by atoms with Crippen LogP contribution in [0.5, 0.6) is 0 Å². The number of hydrazine groups is 1. The Hall–Kier alpha value is -4.86. The van der Waals surface area contributed by atoms with Gasteiger partial charge in [0.05, 0.1) is 21.7 Å². The molecular weight excluding hydrogens is 429 g/mol. The number of aromatic nitrogens is 1. The topological polar surface area (TPSA) is 126 Å². The van der Waals surface area contributed by atoms with Crippen LogP contribution in [-0.2, 0) is 0 Å². The highest BCUT2D eigenvalue weighted by molar-refractivity contribution is 6.07. The van der Waals surface area contributed by atoms with E-state index in [2.05, 4.69) is 21.2 Å². The van der Waals surface area contributed by atoms with E-state index < -0.39 is 16.9 Å². The maximum absolute atomic E-state index is 13.3. The summed E-state index contributed by atoms with van der Waals surface area (Å²) in [6.07, 6.45) is 0. The molecular formula is C23H16FN5O4. The summed E-state index contributed by atoms with van der Waals surface area (Å²) >= 11 is 0. The largest absolute Gasteiger partial charge is 0.337 e. The number of urea groups is 1. The molecule has 0 aliphatic carbocycles. The van der Waals surface area contributed by atoms with Gasteiger partial charge in [0.1, 0.15) is 5.82 Å². The van der Waals surface area contributed by atoms with Crippen LogP contribution in [0.25, 0.3) is 22.2 Å². The average Bonchev–Trinajstić information content (AvgIpc) is 2.82. The third-order valence-corrected chi connectivity index (χ3v) is 4.73. The second-order valence-corrected chi connectivity index (χ2v) is 6.92. The second-order valence-electron chi connectivity index (χ2n) is 6.92. The number of nitrogens with zero attached hydrogens (tertiary/aromatic N) is 2. The summed E-state index contributed by atoms with van der Waals surface area (Å²) in [5, 5.41) is 13.7. The van der Waals surface area contributed by atoms with Crippen LogP contribution < -0.4 is 16.2 Å². The number of hydrogen-bond acceptors (Lipinski definition) is 5. The summed E-state index contributed by atoms with van der Waals surface area (Å²) in [5.74, 6) is -0.975. The molecule has 1 heterocycles. The summed E-state index contributed by atoms with van der Waals surface area (Å²) in [5.41, 5.74) is 6.67. The molecule has 0 fully saturated rings. The van der Waals surface area contributed by atoms with Crippen LogP contribution in [0.3, 0.4) is 0 Å². The van der Waals surface area contributed by atoms with Gasteiger partial charge < -0.3 is 5.32 Å². The van der Waals surface area contributed by atoms with Crippen LogP contribution in [0.1, 0.15) is 10.4 Å². The molecule has 10 heteroatoms. The number of nitrogens with one attached hydrogen (secondary N) is 3. The molecule has 0 radical (unpaired) electrons. The first-order valence-corrected chi connectivity index (χ1v) is 9.68. The Morgan fingerprint density at radius 1 is 0.909 bits per heavy atom. The van der Waals surface area contributed by atoms with E-state index in [1.54, 1.807) is 42.5 Å². The van der Waals surface area contributed by atoms with Gasteiger partial charge in [-0.05, 0) is 48.5 Å². The van der Waals surface area contributed by atoms with Gasteiger partial charge in [0.25, 0.3) is 11.6 Å². The first-order chi connectivity index (χ1) is 15.9. The van der Waals surface area contributed by atoms with Gasteiger partial charge in [-0.1, -0.05) is 18.2 Å². The summed E-state index contributed by atoms with van der Waals surface area (Å²) in [7, 11) is 0. The molecule has 0 saturated carbocycles. The molecule has 0 bridgehead atoms. The van der Waals surface area contributed by atoms with Crippen molar-refractivity contribution in [2.24, 2.45) is 0 Å². The van der Waals surface area contributed by atoms with Crippen LogP contribution in [0.2, 0.25) is 0 Å². The minimum absolute atomic E-state index is 0.115. The number of para-hydroxylation sites is 1. The molecule has 4 rings (SSSR count). The van der Waals surface area contributed by atoms with E-state index in [0.29, 0.717) is 27.8 Å². The van der Waals surface area contributed by atoms with E-state index in [9.17, 15) is 24.1 Å². The van der Waals surface area contributed by atoms with Crippen molar-refractivity contribution in [1.82, 2.24) is 15.8 Å². The lowest BCUT2D eigenvalue weighted by molar-refractivity contribution is -0.384. The quantitative estimate of drug-likeness (QED) is 0.317. The third-order valence-electron chi connectivity index (χ3n) is 4.73. The molecule has 0 aliphatic heterocycles. The van der Waals surface area contributed by atoms with E-state index in [1.165, 1.54) is 36.4 Å². The number of hydrogen-bond donors (Lipinski definition) is 3. The number of fused-ring (bicyclic) bond motifs is 1. The predicted molar refractivity (Wildman–Crippen MR) is 120 cm³/mol. The molecule has 33 heavy (non-hydrogen) atoms. The molecule has 4 aromatic rings. The van der Waals surface area contributed by atoms with Crippen molar-refractivity contribution in [3.63, 3.8) is 0 Å². The molecule has 0 unspecified atom stereocenters. The van der Waals surface area contributed by atoms with Crippen LogP contribution in [0, 0.1) is 15.9 Å². The Morgan fingerprint density at radius 2 is 1.61 bits per heavy atom. The van der Waals surface area contributed by atoms with Gasteiger partial charge in [-0.2, -0.15) is 0 Å². The number of anilines is 1. The van der Waals surface area contributed by atoms with E-state index in [4.69, 9.17) is 0 Å². The molecule has 0 aliphatic rings. The fourth-order valence-electron chi connectivity index (χ4n) is 3.14. The maximum atomic E-state index is 13.3. The minimum atomic E-state index is -0.741. The highest BCUT2D eigenvalue weighted by Gasteiger charge is 2.15. The van der Waals surface area contributed by atoms with Crippen LogP contribution in [0.15, 0.2) is 78.9 Å². The van der Waals surface area contributed by atoms with Crippen molar-refractivity contribution in [3.8, 4) is 11.3 Å². The van der Waals surface area contributed by atoms with Gasteiger partial charge in [-0.15, -0.1) is 0 Å². The monoisotopic (exact) mass is 445 g/mol. The number of halogens is 1. The Balaban J connectivity index is 1.51. The highest BCUT2D eigenvalue weighted by atomic mass is 19.1. The number of nitro benzene ring substituents is 1. The summed E-state index contributed by atoms with van der Waals surface area (Å²) < 4.78 is 13.3. The minimum Gasteiger partial charge on any atom is -0.307 e. The van der Waals surface area contributed by atoms with Crippen LogP contribution in [-0.4, -0.2) is 21.8 Å². The molecule has 164 valence electrons. The van der Waals surface area contributed by atoms with Crippen molar-refractivity contribution in [2.45, 2.75) is 0 Å². The SMILES string of the molecule is O=C(NNC(=O)c1cc(-c2ccc(F)cc2)nc2ccccc12)Nc1ccc([N+](=O)[O-])cc1. The van der Waals surface area contributed by atoms with E-state index in [0.717, 1.165) is 0 Å². The first kappa shape index (κ1) is 21.4. The number of benzene rings is 3. The Morgan fingerprint density at radius 3 is 2.30 bits per heavy atom. The Bertz CT molecular complexity index is 1360. The smallest absolute Gasteiger partial charge is 0.307 e. The van der Waals surface area contributed by atoms with Gasteiger partial charge >= 0.3 is 6.03 Å². The van der Waals surface area contributed by atoms with E-state index in [1.807, 2.05) is 0 Å². The zero-order chi connectivity index (χ0) is 23.4. The number of nitro groups is 1. The lowest BCUT2D eigenvalue weighted by Gasteiger charge is -2.12. The van der Waals surface area contributed by atoms with Gasteiger partial charge in [0, 0.05) is 28.8 Å². The number of non-ortho nitro benzene ring substituents is 1. The molecule has 1 aromatic heterocycles. The molecule has 0 spiro atoms. The molecule has 9 nitrogen and oxygen atoms in total. The lowest BCUT2D eigenvalue weighted by Crippen LogP contribution is -2.44.